The molecule has 0 spiro atoms. The van der Waals surface area contributed by atoms with Crippen molar-refractivity contribution in [3.05, 3.63) is 52.8 Å². The molecule has 2 rings (SSSR count). The lowest BCUT2D eigenvalue weighted by Crippen LogP contribution is -2.36. The molecule has 1 unspecified atom stereocenters. The van der Waals surface area contributed by atoms with Crippen molar-refractivity contribution in [2.24, 2.45) is 0 Å². The van der Waals surface area contributed by atoms with Gasteiger partial charge in [-0.15, -0.1) is 0 Å². The highest BCUT2D eigenvalue weighted by Crippen LogP contribution is 2.35. The number of carboxylic acid groups (broad SMARTS) is 1. The van der Waals surface area contributed by atoms with Crippen LogP contribution in [0.3, 0.4) is 0 Å². The van der Waals surface area contributed by atoms with Crippen LogP contribution in [0.25, 0.3) is 5.57 Å². The lowest BCUT2D eigenvalue weighted by molar-refractivity contribution is -0.160. The fourth-order valence-electron chi connectivity index (χ4n) is 2.22. The topological polar surface area (TPSA) is 55.8 Å². The third-order valence-corrected chi connectivity index (χ3v) is 4.48. The second-order valence-corrected chi connectivity index (χ2v) is 7.03. The Morgan fingerprint density at radius 1 is 1.33 bits per heavy atom. The summed E-state index contributed by atoms with van der Waals surface area (Å²) in [5.41, 5.74) is 1.10. The van der Waals surface area contributed by atoms with E-state index in [0.29, 0.717) is 5.02 Å². The first-order valence-corrected chi connectivity index (χ1v) is 8.28. The highest BCUT2D eigenvalue weighted by atomic mass is 35.5. The van der Waals surface area contributed by atoms with E-state index in [2.05, 4.69) is 13.0 Å². The average Bonchev–Trinajstić information content (AvgIpc) is 2.54. The van der Waals surface area contributed by atoms with Crippen LogP contribution in [0.2, 0.25) is 5.02 Å². The van der Waals surface area contributed by atoms with E-state index in [1.165, 1.54) is 13.8 Å². The van der Waals surface area contributed by atoms with Gasteiger partial charge in [-0.3, -0.25) is 0 Å². The van der Waals surface area contributed by atoms with E-state index >= 15 is 0 Å². The molecule has 130 valence electrons. The summed E-state index contributed by atoms with van der Waals surface area (Å²) >= 11 is 5.98. The first-order chi connectivity index (χ1) is 11.2. The predicted octanol–water partition coefficient (Wildman–Crippen LogP) is 4.69. The van der Waals surface area contributed by atoms with Crippen molar-refractivity contribution in [3.63, 3.8) is 0 Å². The Hall–Kier alpha value is -1.78. The molecule has 0 bridgehead atoms. The minimum absolute atomic E-state index is 0.146. The Balaban J connectivity index is 2.30. The Kier molecular flexibility index (Phi) is 5.41. The molecule has 0 aromatic heterocycles. The highest BCUT2D eigenvalue weighted by molar-refractivity contribution is 6.30. The van der Waals surface area contributed by atoms with Gasteiger partial charge in [0.05, 0.1) is 12.9 Å². The molecule has 1 aliphatic heterocycles. The molecule has 5 heteroatoms. The molecule has 0 saturated carbocycles. The molecular weight excluding hydrogens is 328 g/mol. The van der Waals surface area contributed by atoms with Gasteiger partial charge in [0.15, 0.2) is 5.60 Å². The van der Waals surface area contributed by atoms with Gasteiger partial charge in [-0.05, 0) is 56.5 Å². The van der Waals surface area contributed by atoms with E-state index in [4.69, 9.17) is 21.1 Å². The molecule has 4 nitrogen and oxygen atoms in total. The molecule has 1 heterocycles. The van der Waals surface area contributed by atoms with Crippen LogP contribution in [0, 0.1) is 0 Å². The lowest BCUT2D eigenvalue weighted by Gasteiger charge is -2.32. The van der Waals surface area contributed by atoms with Gasteiger partial charge in [0, 0.05) is 10.6 Å². The SMILES string of the molecule is CCC1(C)C=C(c2ccc(Cl)cc2)C(COC(C)(C)C(=O)O)=CO1. The quantitative estimate of drug-likeness (QED) is 0.808. The third kappa shape index (κ3) is 4.19. The van der Waals surface area contributed by atoms with E-state index in [-0.39, 0.29) is 6.61 Å². The van der Waals surface area contributed by atoms with E-state index in [1.807, 2.05) is 31.2 Å². The van der Waals surface area contributed by atoms with Crippen molar-refractivity contribution in [2.45, 2.75) is 45.3 Å². The Morgan fingerprint density at radius 3 is 2.50 bits per heavy atom. The van der Waals surface area contributed by atoms with Crippen molar-refractivity contribution in [1.29, 1.82) is 0 Å². The molecule has 0 radical (unpaired) electrons. The molecule has 1 aliphatic rings. The molecule has 1 atom stereocenters. The highest BCUT2D eigenvalue weighted by Gasteiger charge is 2.31. The molecular formula is C19H23ClO4. The van der Waals surface area contributed by atoms with Crippen LogP contribution in [0.1, 0.15) is 39.7 Å². The second-order valence-electron chi connectivity index (χ2n) is 6.60. The van der Waals surface area contributed by atoms with E-state index in [0.717, 1.165) is 23.1 Å². The summed E-state index contributed by atoms with van der Waals surface area (Å²) < 4.78 is 11.4. The number of carbonyl (C=O) groups is 1. The number of ether oxygens (including phenoxy) is 2. The van der Waals surface area contributed by atoms with E-state index in [9.17, 15) is 9.90 Å². The number of aliphatic carboxylic acids is 1. The lowest BCUT2D eigenvalue weighted by atomic mass is 9.90. The summed E-state index contributed by atoms with van der Waals surface area (Å²) in [6.07, 6.45) is 4.55. The molecule has 0 aliphatic carbocycles. The number of rotatable bonds is 6. The molecule has 1 aromatic carbocycles. The Morgan fingerprint density at radius 2 is 1.96 bits per heavy atom. The minimum Gasteiger partial charge on any atom is -0.491 e. The van der Waals surface area contributed by atoms with Crippen LogP contribution in [0.5, 0.6) is 0 Å². The van der Waals surface area contributed by atoms with Crippen molar-refractivity contribution in [1.82, 2.24) is 0 Å². The fraction of sp³-hybridized carbons (Fsp3) is 0.421. The van der Waals surface area contributed by atoms with Gasteiger partial charge in [0.25, 0.3) is 0 Å². The zero-order valence-corrected chi connectivity index (χ0v) is 15.2. The maximum Gasteiger partial charge on any atom is 0.335 e. The van der Waals surface area contributed by atoms with Gasteiger partial charge in [0.2, 0.25) is 0 Å². The largest absolute Gasteiger partial charge is 0.491 e. The summed E-state index contributed by atoms with van der Waals surface area (Å²) in [7, 11) is 0. The van der Waals surface area contributed by atoms with Gasteiger partial charge in [-0.1, -0.05) is 30.7 Å². The van der Waals surface area contributed by atoms with Gasteiger partial charge in [0.1, 0.15) is 5.60 Å². The second kappa shape index (κ2) is 6.99. The standard InChI is InChI=1S/C19H23ClO4/c1-5-19(4)10-16(13-6-8-15(20)9-7-13)14(12-24-19)11-23-18(2,3)17(21)22/h6-10,12H,5,11H2,1-4H3,(H,21,22). The van der Waals surface area contributed by atoms with Crippen molar-refractivity contribution < 1.29 is 19.4 Å². The van der Waals surface area contributed by atoms with Crippen LogP contribution >= 0.6 is 11.6 Å². The summed E-state index contributed by atoms with van der Waals surface area (Å²) in [5, 5.41) is 9.87. The summed E-state index contributed by atoms with van der Waals surface area (Å²) in [5.74, 6) is -1.00. The molecule has 1 aromatic rings. The molecule has 1 N–H and O–H groups in total. The number of halogens is 1. The zero-order chi connectivity index (χ0) is 18.0. The molecule has 24 heavy (non-hydrogen) atoms. The molecule has 0 amide bonds. The maximum atomic E-state index is 11.2. The Bertz CT molecular complexity index is 673. The molecule has 0 fully saturated rings. The number of carboxylic acids is 1. The molecule has 0 saturated heterocycles. The maximum absolute atomic E-state index is 11.2. The van der Waals surface area contributed by atoms with Gasteiger partial charge in [-0.25, -0.2) is 4.79 Å². The smallest absolute Gasteiger partial charge is 0.335 e. The summed E-state index contributed by atoms with van der Waals surface area (Å²) in [6.45, 7) is 7.27. The average molecular weight is 351 g/mol. The van der Waals surface area contributed by atoms with Gasteiger partial charge < -0.3 is 14.6 Å². The first kappa shape index (κ1) is 18.6. The number of benzene rings is 1. The van der Waals surface area contributed by atoms with Crippen LogP contribution in [0.4, 0.5) is 0 Å². The summed E-state index contributed by atoms with van der Waals surface area (Å²) in [4.78, 5) is 11.2. The van der Waals surface area contributed by atoms with Crippen LogP contribution in [-0.2, 0) is 14.3 Å². The van der Waals surface area contributed by atoms with E-state index in [1.54, 1.807) is 6.26 Å². The van der Waals surface area contributed by atoms with Gasteiger partial charge in [-0.2, -0.15) is 0 Å². The summed E-state index contributed by atoms with van der Waals surface area (Å²) in [6, 6.07) is 7.53. The van der Waals surface area contributed by atoms with Gasteiger partial charge >= 0.3 is 5.97 Å². The fourth-order valence-corrected chi connectivity index (χ4v) is 2.34. The van der Waals surface area contributed by atoms with Crippen molar-refractivity contribution in [3.8, 4) is 0 Å². The number of hydrogen-bond donors (Lipinski definition) is 1. The van der Waals surface area contributed by atoms with Crippen LogP contribution in [0.15, 0.2) is 42.2 Å². The first-order valence-electron chi connectivity index (χ1n) is 7.90. The third-order valence-electron chi connectivity index (χ3n) is 4.23. The zero-order valence-electron chi connectivity index (χ0n) is 14.4. The van der Waals surface area contributed by atoms with E-state index < -0.39 is 17.2 Å². The Labute approximate surface area is 147 Å². The minimum atomic E-state index is -1.27. The van der Waals surface area contributed by atoms with Crippen molar-refractivity contribution >= 4 is 23.1 Å². The van der Waals surface area contributed by atoms with Crippen molar-refractivity contribution in [2.75, 3.05) is 6.61 Å². The van der Waals surface area contributed by atoms with Crippen LogP contribution in [-0.4, -0.2) is 28.9 Å². The normalized spacial score (nSPS) is 20.9. The number of hydrogen-bond acceptors (Lipinski definition) is 3. The van der Waals surface area contributed by atoms with Crippen LogP contribution < -0.4 is 0 Å². The predicted molar refractivity (Wildman–Crippen MR) is 95.0 cm³/mol. The monoisotopic (exact) mass is 350 g/mol.